The largest absolute Gasteiger partial charge is 0.309 e. The summed E-state index contributed by atoms with van der Waals surface area (Å²) in [6.45, 7) is 4.30. The lowest BCUT2D eigenvalue weighted by atomic mass is 9.95. The van der Waals surface area contributed by atoms with Gasteiger partial charge in [-0.25, -0.2) is 0 Å². The fraction of sp³-hybridized carbons (Fsp3) is 0.0345. The molecule has 0 atom stereocenters. The summed E-state index contributed by atoms with van der Waals surface area (Å²) >= 11 is 0. The number of aryl methyl sites for hydroxylation is 2. The summed E-state index contributed by atoms with van der Waals surface area (Å²) in [5.74, 6) is 0. The van der Waals surface area contributed by atoms with E-state index in [0.717, 1.165) is 28.3 Å². The third-order valence-corrected chi connectivity index (χ3v) is 12.1. The molecule has 0 radical (unpaired) electrons. The van der Waals surface area contributed by atoms with Crippen molar-refractivity contribution in [3.8, 4) is 39.1 Å². The first-order valence-corrected chi connectivity index (χ1v) is 20.8. The van der Waals surface area contributed by atoms with Crippen molar-refractivity contribution in [2.75, 3.05) is 4.90 Å². The quantitative estimate of drug-likeness (QED) is 0.157. The standard InChI is InChI=1S/C58H42N2/c1-39-25-29-41(30-26-39)45-33-36-57(53(37-45)44-31-27-40(2)28-32-44)60-56-23-10-8-20-51(56)52-35-34-46(38-58(52)60)59(54-24-12-16-43-14-4-6-18-48(43)54)55-22-9-7-19-50(55)49-21-11-15-42-13-3-5-17-47(42)49/h3-38H,1-2H3. The second kappa shape index (κ2) is 14.6. The first-order chi connectivity index (χ1) is 29.6. The fourth-order valence-corrected chi connectivity index (χ4v) is 9.15. The van der Waals surface area contributed by atoms with Crippen LogP contribution in [0, 0.1) is 13.8 Å². The lowest BCUT2D eigenvalue weighted by Crippen LogP contribution is -2.12. The van der Waals surface area contributed by atoms with Gasteiger partial charge in [-0.05, 0) is 94.7 Å². The molecule has 0 aliphatic carbocycles. The third-order valence-electron chi connectivity index (χ3n) is 12.1. The van der Waals surface area contributed by atoms with E-state index in [1.807, 2.05) is 0 Å². The van der Waals surface area contributed by atoms with Crippen LogP contribution in [0.2, 0.25) is 0 Å². The molecule has 1 aromatic heterocycles. The Bertz CT molecular complexity index is 3380. The van der Waals surface area contributed by atoms with E-state index in [2.05, 4.69) is 242 Å². The summed E-state index contributed by atoms with van der Waals surface area (Å²) in [5.41, 5.74) is 16.5. The second-order valence-corrected chi connectivity index (χ2v) is 15.9. The van der Waals surface area contributed by atoms with Crippen LogP contribution in [0.15, 0.2) is 218 Å². The predicted octanol–water partition coefficient (Wildman–Crippen LogP) is 16.2. The Balaban J connectivity index is 1.20. The monoisotopic (exact) mass is 766 g/mol. The van der Waals surface area contributed by atoms with Gasteiger partial charge >= 0.3 is 0 Å². The highest BCUT2D eigenvalue weighted by Crippen LogP contribution is 2.47. The van der Waals surface area contributed by atoms with Gasteiger partial charge in [-0.2, -0.15) is 0 Å². The van der Waals surface area contributed by atoms with Crippen molar-refractivity contribution in [2.45, 2.75) is 13.8 Å². The van der Waals surface area contributed by atoms with Crippen LogP contribution in [0.1, 0.15) is 11.1 Å². The Hall–Kier alpha value is -7.68. The zero-order valence-electron chi connectivity index (χ0n) is 33.7. The molecule has 0 unspecified atom stereocenters. The number of hydrogen-bond donors (Lipinski definition) is 0. The Kier molecular flexibility index (Phi) is 8.64. The van der Waals surface area contributed by atoms with Crippen molar-refractivity contribution in [1.82, 2.24) is 4.57 Å². The highest BCUT2D eigenvalue weighted by atomic mass is 15.1. The van der Waals surface area contributed by atoms with Gasteiger partial charge < -0.3 is 9.47 Å². The molecule has 0 amide bonds. The summed E-state index contributed by atoms with van der Waals surface area (Å²) in [4.78, 5) is 2.47. The van der Waals surface area contributed by atoms with Gasteiger partial charge in [-0.3, -0.25) is 0 Å². The molecule has 1 heterocycles. The normalized spacial score (nSPS) is 11.5. The van der Waals surface area contributed by atoms with E-state index in [4.69, 9.17) is 0 Å². The molecular weight excluding hydrogens is 725 g/mol. The molecule has 11 aromatic rings. The first kappa shape index (κ1) is 35.5. The topological polar surface area (TPSA) is 8.17 Å². The highest BCUT2D eigenvalue weighted by molar-refractivity contribution is 6.12. The fourth-order valence-electron chi connectivity index (χ4n) is 9.15. The van der Waals surface area contributed by atoms with Crippen LogP contribution >= 0.6 is 0 Å². The molecule has 11 rings (SSSR count). The SMILES string of the molecule is Cc1ccc(-c2ccc(-n3c4ccccc4c4ccc(N(c5ccccc5-c5cccc6ccccc56)c5cccc6ccccc56)cc43)c(-c3ccc(C)cc3)c2)cc1. The van der Waals surface area contributed by atoms with E-state index >= 15 is 0 Å². The maximum Gasteiger partial charge on any atom is 0.0562 e. The van der Waals surface area contributed by atoms with Crippen LogP contribution in [0.5, 0.6) is 0 Å². The zero-order chi connectivity index (χ0) is 40.2. The second-order valence-electron chi connectivity index (χ2n) is 15.9. The van der Waals surface area contributed by atoms with Crippen LogP contribution < -0.4 is 4.90 Å². The molecule has 2 nitrogen and oxygen atoms in total. The first-order valence-electron chi connectivity index (χ1n) is 20.8. The van der Waals surface area contributed by atoms with Crippen molar-refractivity contribution in [2.24, 2.45) is 0 Å². The number of fused-ring (bicyclic) bond motifs is 5. The predicted molar refractivity (Wildman–Crippen MR) is 256 cm³/mol. The Morgan fingerprint density at radius 3 is 1.67 bits per heavy atom. The lowest BCUT2D eigenvalue weighted by molar-refractivity contribution is 1.18. The van der Waals surface area contributed by atoms with Gasteiger partial charge in [0.15, 0.2) is 0 Å². The van der Waals surface area contributed by atoms with Gasteiger partial charge in [0.1, 0.15) is 0 Å². The summed E-state index contributed by atoms with van der Waals surface area (Å²) < 4.78 is 2.49. The van der Waals surface area contributed by atoms with E-state index in [0.29, 0.717) is 0 Å². The Labute approximate surface area is 350 Å². The van der Waals surface area contributed by atoms with Crippen LogP contribution in [0.3, 0.4) is 0 Å². The summed E-state index contributed by atoms with van der Waals surface area (Å²) in [7, 11) is 0. The molecule has 0 fully saturated rings. The van der Waals surface area contributed by atoms with Crippen LogP contribution in [0.25, 0.3) is 82.4 Å². The van der Waals surface area contributed by atoms with E-state index in [-0.39, 0.29) is 0 Å². The van der Waals surface area contributed by atoms with Crippen LogP contribution in [-0.2, 0) is 0 Å². The molecule has 60 heavy (non-hydrogen) atoms. The van der Waals surface area contributed by atoms with Crippen molar-refractivity contribution < 1.29 is 0 Å². The molecule has 0 saturated carbocycles. The van der Waals surface area contributed by atoms with Gasteiger partial charge in [-0.1, -0.05) is 187 Å². The summed E-state index contributed by atoms with van der Waals surface area (Å²) in [5, 5.41) is 7.30. The number of benzene rings is 10. The number of para-hydroxylation sites is 2. The van der Waals surface area contributed by atoms with Crippen molar-refractivity contribution in [1.29, 1.82) is 0 Å². The lowest BCUT2D eigenvalue weighted by Gasteiger charge is -2.29. The third kappa shape index (κ3) is 6.04. The summed E-state index contributed by atoms with van der Waals surface area (Å²) in [6, 6.07) is 80.3. The molecule has 0 aliphatic heterocycles. The van der Waals surface area contributed by atoms with Crippen molar-refractivity contribution >= 4 is 60.4 Å². The smallest absolute Gasteiger partial charge is 0.0562 e. The molecule has 0 aliphatic rings. The van der Waals surface area contributed by atoms with Crippen LogP contribution in [-0.4, -0.2) is 4.57 Å². The summed E-state index contributed by atoms with van der Waals surface area (Å²) in [6.07, 6.45) is 0. The average Bonchev–Trinajstić information content (AvgIpc) is 3.63. The minimum Gasteiger partial charge on any atom is -0.309 e. The molecule has 0 spiro atoms. The number of anilines is 3. The molecule has 2 heteroatoms. The highest BCUT2D eigenvalue weighted by Gasteiger charge is 2.23. The molecule has 0 saturated heterocycles. The maximum atomic E-state index is 2.49. The van der Waals surface area contributed by atoms with Gasteiger partial charge in [0.05, 0.1) is 28.1 Å². The van der Waals surface area contributed by atoms with E-state index in [1.54, 1.807) is 0 Å². The number of aromatic nitrogens is 1. The van der Waals surface area contributed by atoms with Gasteiger partial charge in [0.2, 0.25) is 0 Å². The minimum absolute atomic E-state index is 1.09. The zero-order valence-corrected chi connectivity index (χ0v) is 33.7. The Morgan fingerprint density at radius 2 is 0.883 bits per heavy atom. The number of hydrogen-bond acceptors (Lipinski definition) is 1. The molecule has 0 bridgehead atoms. The van der Waals surface area contributed by atoms with Gasteiger partial charge in [0, 0.05) is 33.0 Å². The number of rotatable bonds is 7. The van der Waals surface area contributed by atoms with Gasteiger partial charge in [0.25, 0.3) is 0 Å². The van der Waals surface area contributed by atoms with Crippen molar-refractivity contribution in [3.63, 3.8) is 0 Å². The molecule has 0 N–H and O–H groups in total. The van der Waals surface area contributed by atoms with Gasteiger partial charge in [-0.15, -0.1) is 0 Å². The maximum absolute atomic E-state index is 2.49. The minimum atomic E-state index is 1.09. The number of nitrogens with zero attached hydrogens (tertiary/aromatic N) is 2. The average molecular weight is 767 g/mol. The van der Waals surface area contributed by atoms with E-state index in [9.17, 15) is 0 Å². The van der Waals surface area contributed by atoms with Crippen molar-refractivity contribution in [3.05, 3.63) is 230 Å². The van der Waals surface area contributed by atoms with E-state index < -0.39 is 0 Å². The molecule has 284 valence electrons. The molecular formula is C58H42N2. The Morgan fingerprint density at radius 1 is 0.333 bits per heavy atom. The molecule has 10 aromatic carbocycles. The van der Waals surface area contributed by atoms with Crippen LogP contribution in [0.4, 0.5) is 17.1 Å². The van der Waals surface area contributed by atoms with E-state index in [1.165, 1.54) is 82.3 Å².